The van der Waals surface area contributed by atoms with Crippen molar-refractivity contribution in [1.82, 2.24) is 4.98 Å². The standard InChI is InChI=1S/C16H22FN3O/c1-20-8-2-3-15-16(20)13(14(17)9-19-15)10-21-12-6-4-11(18)5-7-12/h2-3,9,11-12H,4-8,10,18H2,1H3. The molecule has 0 spiro atoms. The Morgan fingerprint density at radius 3 is 2.90 bits per heavy atom. The molecule has 2 aliphatic rings. The fraction of sp³-hybridized carbons (Fsp3) is 0.562. The van der Waals surface area contributed by atoms with Gasteiger partial charge in [-0.25, -0.2) is 4.39 Å². The quantitative estimate of drug-likeness (QED) is 0.929. The van der Waals surface area contributed by atoms with E-state index in [0.717, 1.165) is 43.6 Å². The van der Waals surface area contributed by atoms with Crippen molar-refractivity contribution < 1.29 is 9.13 Å². The average molecular weight is 291 g/mol. The second kappa shape index (κ2) is 6.12. The summed E-state index contributed by atoms with van der Waals surface area (Å²) in [5, 5.41) is 0. The minimum Gasteiger partial charge on any atom is -0.373 e. The highest BCUT2D eigenvalue weighted by Crippen LogP contribution is 2.31. The van der Waals surface area contributed by atoms with E-state index in [4.69, 9.17) is 10.5 Å². The highest BCUT2D eigenvalue weighted by atomic mass is 19.1. The lowest BCUT2D eigenvalue weighted by atomic mass is 9.94. The number of anilines is 1. The summed E-state index contributed by atoms with van der Waals surface area (Å²) in [6, 6.07) is 0.298. The van der Waals surface area contributed by atoms with Gasteiger partial charge in [0.15, 0.2) is 0 Å². The van der Waals surface area contributed by atoms with Crippen LogP contribution in [-0.4, -0.2) is 30.7 Å². The summed E-state index contributed by atoms with van der Waals surface area (Å²) in [4.78, 5) is 6.17. The number of nitrogens with two attached hydrogens (primary N) is 1. The summed E-state index contributed by atoms with van der Waals surface area (Å²) in [7, 11) is 1.95. The molecule has 0 unspecified atom stereocenters. The number of fused-ring (bicyclic) bond motifs is 1. The van der Waals surface area contributed by atoms with Crippen LogP contribution >= 0.6 is 0 Å². The van der Waals surface area contributed by atoms with E-state index >= 15 is 0 Å². The van der Waals surface area contributed by atoms with Gasteiger partial charge in [0.05, 0.1) is 30.3 Å². The molecule has 1 aliphatic carbocycles. The summed E-state index contributed by atoms with van der Waals surface area (Å²) in [5.41, 5.74) is 8.18. The molecule has 4 nitrogen and oxygen atoms in total. The predicted molar refractivity (Wildman–Crippen MR) is 81.5 cm³/mol. The molecule has 1 fully saturated rings. The van der Waals surface area contributed by atoms with Crippen molar-refractivity contribution in [1.29, 1.82) is 0 Å². The van der Waals surface area contributed by atoms with Crippen LogP contribution in [0, 0.1) is 5.82 Å². The molecule has 2 heterocycles. The summed E-state index contributed by atoms with van der Waals surface area (Å²) >= 11 is 0. The number of pyridine rings is 1. The molecule has 21 heavy (non-hydrogen) atoms. The molecule has 0 amide bonds. The van der Waals surface area contributed by atoms with Gasteiger partial charge in [0.25, 0.3) is 0 Å². The Morgan fingerprint density at radius 1 is 1.38 bits per heavy atom. The van der Waals surface area contributed by atoms with Crippen molar-refractivity contribution >= 4 is 11.8 Å². The Balaban J connectivity index is 1.75. The van der Waals surface area contributed by atoms with Crippen molar-refractivity contribution in [3.8, 4) is 0 Å². The van der Waals surface area contributed by atoms with Crippen LogP contribution in [0.3, 0.4) is 0 Å². The summed E-state index contributed by atoms with van der Waals surface area (Å²) in [5.74, 6) is -0.289. The van der Waals surface area contributed by atoms with Crippen LogP contribution in [0.15, 0.2) is 12.3 Å². The summed E-state index contributed by atoms with van der Waals surface area (Å²) in [6.45, 7) is 1.07. The van der Waals surface area contributed by atoms with E-state index in [1.807, 2.05) is 24.1 Å². The maximum absolute atomic E-state index is 14.2. The van der Waals surface area contributed by atoms with Gasteiger partial charge in [-0.1, -0.05) is 6.08 Å². The molecule has 5 heteroatoms. The first-order valence-corrected chi connectivity index (χ1v) is 7.57. The smallest absolute Gasteiger partial charge is 0.149 e. The minimum absolute atomic E-state index is 0.192. The van der Waals surface area contributed by atoms with Crippen molar-refractivity contribution in [2.45, 2.75) is 44.4 Å². The van der Waals surface area contributed by atoms with Crippen LogP contribution < -0.4 is 10.6 Å². The molecule has 3 rings (SSSR count). The molecule has 0 radical (unpaired) electrons. The zero-order chi connectivity index (χ0) is 14.8. The van der Waals surface area contributed by atoms with Gasteiger partial charge in [-0.05, 0) is 31.8 Å². The van der Waals surface area contributed by atoms with Gasteiger partial charge in [0, 0.05) is 25.2 Å². The number of aromatic nitrogens is 1. The largest absolute Gasteiger partial charge is 0.373 e. The van der Waals surface area contributed by atoms with Gasteiger partial charge in [-0.2, -0.15) is 0 Å². The topological polar surface area (TPSA) is 51.4 Å². The van der Waals surface area contributed by atoms with Gasteiger partial charge in [-0.3, -0.25) is 4.98 Å². The zero-order valence-electron chi connectivity index (χ0n) is 12.4. The van der Waals surface area contributed by atoms with Crippen LogP contribution in [0.4, 0.5) is 10.1 Å². The number of nitrogens with zero attached hydrogens (tertiary/aromatic N) is 2. The Kier molecular flexibility index (Phi) is 4.22. The van der Waals surface area contributed by atoms with Crippen LogP contribution in [-0.2, 0) is 11.3 Å². The molecule has 1 saturated carbocycles. The van der Waals surface area contributed by atoms with E-state index in [1.165, 1.54) is 6.20 Å². The Morgan fingerprint density at radius 2 is 2.14 bits per heavy atom. The number of rotatable bonds is 3. The third-order valence-electron chi connectivity index (χ3n) is 4.35. The SMILES string of the molecule is CN1CC=Cc2ncc(F)c(COC3CCC(N)CC3)c21. The van der Waals surface area contributed by atoms with Gasteiger partial charge in [-0.15, -0.1) is 0 Å². The number of hydrogen-bond acceptors (Lipinski definition) is 4. The van der Waals surface area contributed by atoms with Crippen molar-refractivity contribution in [3.05, 3.63) is 29.3 Å². The second-order valence-electron chi connectivity index (χ2n) is 5.95. The third-order valence-corrected chi connectivity index (χ3v) is 4.35. The normalized spacial score (nSPS) is 25.0. The van der Waals surface area contributed by atoms with E-state index in [-0.39, 0.29) is 11.9 Å². The fourth-order valence-corrected chi connectivity index (χ4v) is 3.09. The van der Waals surface area contributed by atoms with Crippen LogP contribution in [0.2, 0.25) is 0 Å². The van der Waals surface area contributed by atoms with Gasteiger partial charge in [0.1, 0.15) is 5.82 Å². The second-order valence-corrected chi connectivity index (χ2v) is 5.95. The lowest BCUT2D eigenvalue weighted by Crippen LogP contribution is -2.30. The molecule has 0 bridgehead atoms. The number of likely N-dealkylation sites (N-methyl/N-ethyl adjacent to an activating group) is 1. The van der Waals surface area contributed by atoms with Crippen molar-refractivity contribution in [2.24, 2.45) is 5.73 Å². The zero-order valence-corrected chi connectivity index (χ0v) is 12.4. The Hall–Kier alpha value is -1.46. The lowest BCUT2D eigenvalue weighted by molar-refractivity contribution is 0.0127. The maximum Gasteiger partial charge on any atom is 0.149 e. The molecule has 1 aliphatic heterocycles. The summed E-state index contributed by atoms with van der Waals surface area (Å²) < 4.78 is 20.1. The van der Waals surface area contributed by atoms with Gasteiger partial charge in [0.2, 0.25) is 0 Å². The third kappa shape index (κ3) is 3.09. The molecule has 0 saturated heterocycles. The van der Waals surface area contributed by atoms with Crippen molar-refractivity contribution in [2.75, 3.05) is 18.5 Å². The fourth-order valence-electron chi connectivity index (χ4n) is 3.09. The first kappa shape index (κ1) is 14.5. The monoisotopic (exact) mass is 291 g/mol. The number of hydrogen-bond donors (Lipinski definition) is 1. The van der Waals surface area contributed by atoms with Crippen LogP contribution in [0.5, 0.6) is 0 Å². The highest BCUT2D eigenvalue weighted by Gasteiger charge is 2.23. The molecule has 1 aromatic heterocycles. The molecule has 1 aromatic rings. The van der Waals surface area contributed by atoms with Crippen molar-refractivity contribution in [3.63, 3.8) is 0 Å². The van der Waals surface area contributed by atoms with Crippen LogP contribution in [0.25, 0.3) is 6.08 Å². The minimum atomic E-state index is -0.289. The maximum atomic E-state index is 14.2. The van der Waals surface area contributed by atoms with E-state index in [1.54, 1.807) is 0 Å². The van der Waals surface area contributed by atoms with Crippen LogP contribution in [0.1, 0.15) is 36.9 Å². The first-order valence-electron chi connectivity index (χ1n) is 7.57. The molecule has 114 valence electrons. The van der Waals surface area contributed by atoms with E-state index < -0.39 is 0 Å². The Labute approximate surface area is 124 Å². The average Bonchev–Trinajstić information content (AvgIpc) is 2.48. The van der Waals surface area contributed by atoms with E-state index in [0.29, 0.717) is 18.2 Å². The predicted octanol–water partition coefficient (Wildman–Crippen LogP) is 2.47. The number of ether oxygens (including phenoxy) is 1. The molecular formula is C16H22FN3O. The highest BCUT2D eigenvalue weighted by molar-refractivity contribution is 5.71. The number of halogens is 1. The van der Waals surface area contributed by atoms with E-state index in [9.17, 15) is 4.39 Å². The first-order chi connectivity index (χ1) is 10.1. The summed E-state index contributed by atoms with van der Waals surface area (Å²) in [6.07, 6.45) is 9.36. The molecular weight excluding hydrogens is 269 g/mol. The lowest BCUT2D eigenvalue weighted by Gasteiger charge is -2.29. The van der Waals surface area contributed by atoms with E-state index in [2.05, 4.69) is 4.98 Å². The molecule has 0 aromatic carbocycles. The molecule has 0 atom stereocenters. The Bertz CT molecular complexity index is 539. The van der Waals surface area contributed by atoms with Gasteiger partial charge < -0.3 is 15.4 Å². The van der Waals surface area contributed by atoms with Gasteiger partial charge >= 0.3 is 0 Å². The molecule has 2 N–H and O–H groups in total.